The van der Waals surface area contributed by atoms with Crippen molar-refractivity contribution in [3.8, 4) is 11.5 Å². The Morgan fingerprint density at radius 2 is 1.16 bits per heavy atom. The minimum Gasteiger partial charge on any atom is -0.497 e. The number of hydrogen-bond acceptors (Lipinski definition) is 16. The highest BCUT2D eigenvalue weighted by Gasteiger charge is 2.36. The number of methoxy groups -OCH3 is 2. The van der Waals surface area contributed by atoms with Gasteiger partial charge in [0.25, 0.3) is 0 Å². The number of imidazole rings is 1. The van der Waals surface area contributed by atoms with Crippen LogP contribution in [0, 0.1) is 24.7 Å². The molecule has 0 aliphatic carbocycles. The summed E-state index contributed by atoms with van der Waals surface area (Å²) in [6, 6.07) is 11.5. The van der Waals surface area contributed by atoms with Crippen LogP contribution in [0.25, 0.3) is 6.20 Å². The van der Waals surface area contributed by atoms with E-state index in [4.69, 9.17) is 49.4 Å². The van der Waals surface area contributed by atoms with E-state index in [9.17, 15) is 0 Å². The molecule has 0 amide bonds. The molecular formula is C42H54N14O5. The first-order chi connectivity index (χ1) is 29.0. The van der Waals surface area contributed by atoms with Crippen LogP contribution in [0.4, 0.5) is 51.6 Å². The highest BCUT2D eigenvalue weighted by atomic mass is 16.6. The molecule has 3 aliphatic rings. The van der Waals surface area contributed by atoms with Crippen molar-refractivity contribution in [2.75, 3.05) is 71.5 Å². The summed E-state index contributed by atoms with van der Waals surface area (Å²) in [6.45, 7) is 16.5. The van der Waals surface area contributed by atoms with Crippen LogP contribution < -0.4 is 40.5 Å². The van der Waals surface area contributed by atoms with Gasteiger partial charge in [-0.3, -0.25) is 0 Å². The van der Waals surface area contributed by atoms with Gasteiger partial charge in [-0.1, -0.05) is 27.7 Å². The largest absolute Gasteiger partial charge is 0.503 e. The van der Waals surface area contributed by atoms with E-state index in [0.717, 1.165) is 67.9 Å². The lowest BCUT2D eigenvalue weighted by atomic mass is 9.93. The molecule has 19 heteroatoms. The molecule has 0 atom stereocenters. The Bertz CT molecular complexity index is 2280. The fourth-order valence-corrected chi connectivity index (χ4v) is 7.71. The van der Waals surface area contributed by atoms with Gasteiger partial charge >= 0.3 is 6.16 Å². The molecular weight excluding hydrogens is 781 g/mol. The fourth-order valence-electron chi connectivity index (χ4n) is 7.71. The predicted octanol–water partition coefficient (Wildman–Crippen LogP) is 7.02. The summed E-state index contributed by atoms with van der Waals surface area (Å²) in [5.41, 5.74) is 1.02. The molecule has 3 aliphatic heterocycles. The van der Waals surface area contributed by atoms with E-state index in [-0.39, 0.29) is 10.8 Å². The lowest BCUT2D eigenvalue weighted by Gasteiger charge is -2.36. The van der Waals surface area contributed by atoms with Gasteiger partial charge in [0.05, 0.1) is 20.6 Å². The Balaban J connectivity index is 0.00000134. The lowest BCUT2D eigenvalue weighted by Crippen LogP contribution is -2.49. The number of pyridine rings is 2. The van der Waals surface area contributed by atoms with E-state index >= 15 is 0 Å². The average Bonchev–Trinajstić information content (AvgIpc) is 3.90. The molecule has 6 N–H and O–H groups in total. The highest BCUT2D eigenvalue weighted by Crippen LogP contribution is 2.37. The van der Waals surface area contributed by atoms with E-state index in [0.29, 0.717) is 53.1 Å². The molecule has 8 rings (SSSR count). The summed E-state index contributed by atoms with van der Waals surface area (Å²) in [4.78, 5) is 47.3. The second-order valence-corrected chi connectivity index (χ2v) is 17.1. The van der Waals surface area contributed by atoms with Crippen LogP contribution in [0.5, 0.6) is 11.5 Å². The molecule has 0 radical (unpaired) electrons. The molecule has 322 valence electrons. The van der Waals surface area contributed by atoms with Crippen molar-refractivity contribution in [3.63, 3.8) is 0 Å². The molecule has 19 nitrogen and oxygen atoms in total. The Morgan fingerprint density at radius 1 is 0.689 bits per heavy atom. The summed E-state index contributed by atoms with van der Waals surface area (Å²) >= 11 is 0. The quantitative estimate of drug-likeness (QED) is 0.0695. The topological polar surface area (TPSA) is 226 Å². The van der Waals surface area contributed by atoms with Crippen molar-refractivity contribution in [3.05, 3.63) is 72.1 Å². The van der Waals surface area contributed by atoms with Crippen molar-refractivity contribution in [1.82, 2.24) is 39.5 Å². The van der Waals surface area contributed by atoms with E-state index in [1.165, 1.54) is 0 Å². The van der Waals surface area contributed by atoms with Crippen LogP contribution in [0.15, 0.2) is 54.9 Å². The van der Waals surface area contributed by atoms with E-state index in [1.807, 2.05) is 73.4 Å². The van der Waals surface area contributed by atoms with Gasteiger partial charge in [-0.25, -0.2) is 19.7 Å². The molecule has 0 aromatic carbocycles. The Morgan fingerprint density at radius 3 is 1.59 bits per heavy atom. The summed E-state index contributed by atoms with van der Waals surface area (Å²) in [7, 11) is 3.29. The van der Waals surface area contributed by atoms with Crippen LogP contribution >= 0.6 is 0 Å². The Kier molecular flexibility index (Phi) is 11.8. The number of hydrogen-bond donors (Lipinski definition) is 6. The third-order valence-corrected chi connectivity index (χ3v) is 10.6. The second kappa shape index (κ2) is 17.0. The first-order valence-electron chi connectivity index (χ1n) is 20.0. The van der Waals surface area contributed by atoms with Crippen LogP contribution in [0.3, 0.4) is 0 Å². The number of carboxylic acid groups (broad SMARTS) is 2. The molecule has 0 saturated carbocycles. The van der Waals surface area contributed by atoms with Crippen LogP contribution in [0.2, 0.25) is 0 Å². The smallest absolute Gasteiger partial charge is 0.497 e. The zero-order valence-corrected chi connectivity index (χ0v) is 35.8. The van der Waals surface area contributed by atoms with Crippen LogP contribution in [0.1, 0.15) is 57.7 Å². The zero-order valence-electron chi connectivity index (χ0n) is 35.8. The van der Waals surface area contributed by atoms with Gasteiger partial charge in [0, 0.05) is 92.6 Å². The minimum absolute atomic E-state index is 0.156. The molecule has 2 fully saturated rings. The number of carbonyl (C=O) groups is 1. The molecule has 0 unspecified atom stereocenters. The van der Waals surface area contributed by atoms with Gasteiger partial charge in [0.1, 0.15) is 57.9 Å². The Hall–Kier alpha value is -6.92. The molecule has 5 aromatic heterocycles. The molecule has 5 aromatic rings. The van der Waals surface area contributed by atoms with E-state index < -0.39 is 11.8 Å². The van der Waals surface area contributed by atoms with E-state index in [1.54, 1.807) is 14.2 Å². The second-order valence-electron chi connectivity index (χ2n) is 17.1. The van der Waals surface area contributed by atoms with Gasteiger partial charge in [-0.2, -0.15) is 19.9 Å². The maximum Gasteiger partial charge on any atom is 0.503 e. The van der Waals surface area contributed by atoms with Gasteiger partial charge < -0.3 is 55.3 Å². The minimum atomic E-state index is -1.83. The van der Waals surface area contributed by atoms with Gasteiger partial charge in [0.2, 0.25) is 11.9 Å². The molecule has 61 heavy (non-hydrogen) atoms. The highest BCUT2D eigenvalue weighted by molar-refractivity contribution is 5.65. The number of anilines is 8. The number of aryl methyl sites for hydroxylation is 2. The number of nitrogens with one attached hydrogen (secondary N) is 4. The first kappa shape index (κ1) is 42.2. The summed E-state index contributed by atoms with van der Waals surface area (Å²) in [5, 5.41) is 28.2. The SMILES string of the molecule is COc1cc(C)nc(Nc2nc(NC3(Nc4cc(N5CCC(C)(C)C5)nc(Nc5cc(OC)cc(C)n5)n4)C=Cn4ccnc4C3)cc(N3CCC(C)(C)C3)n2)c1.O=C(O)O. The zero-order chi connectivity index (χ0) is 43.5. The Labute approximate surface area is 354 Å². The maximum absolute atomic E-state index is 8.56. The number of nitrogens with zero attached hydrogens (tertiary/aromatic N) is 10. The molecule has 2 saturated heterocycles. The van der Waals surface area contributed by atoms with Crippen molar-refractivity contribution in [1.29, 1.82) is 0 Å². The standard InChI is InChI=1S/C41H52N14O2.CH2O3/c1-26-17-28(56-7)19-30(43-26)45-37-47-32(21-34(49-37)54-13-9-39(3,4)24-54)51-41(11-15-53-16-12-42-36(53)23-41)52-33-22-35(55-14-10-40(5,6)25-55)50-38(48-33)46-31-20-29(57-8)18-27(2)44-31;2-1(3)4/h11-12,15-22H,9-10,13-14,23-25H2,1-8H3,(H2,43,45,47,49,51)(H2,44,46,48,50,52);(H2,2,3,4). The van der Waals surface area contributed by atoms with Gasteiger partial charge in [0.15, 0.2) is 0 Å². The molecule has 0 bridgehead atoms. The summed E-state index contributed by atoms with van der Waals surface area (Å²) < 4.78 is 13.1. The first-order valence-corrected chi connectivity index (χ1v) is 20.0. The maximum atomic E-state index is 8.56. The van der Waals surface area contributed by atoms with Crippen molar-refractivity contribution in [2.45, 2.75) is 66.5 Å². The normalized spacial score (nSPS) is 16.9. The van der Waals surface area contributed by atoms with Gasteiger partial charge in [-0.15, -0.1) is 0 Å². The van der Waals surface area contributed by atoms with Crippen molar-refractivity contribution < 1.29 is 24.5 Å². The van der Waals surface area contributed by atoms with E-state index in [2.05, 4.69) is 74.8 Å². The monoisotopic (exact) mass is 834 g/mol. The number of rotatable bonds is 12. The lowest BCUT2D eigenvalue weighted by molar-refractivity contribution is 0.137. The summed E-state index contributed by atoms with van der Waals surface area (Å²) in [6.07, 6.45) is 8.60. The summed E-state index contributed by atoms with van der Waals surface area (Å²) in [5.74, 6) is 7.08. The van der Waals surface area contributed by atoms with Crippen molar-refractivity contribution in [2.24, 2.45) is 10.8 Å². The third-order valence-electron chi connectivity index (χ3n) is 10.6. The number of fused-ring (bicyclic) bond motifs is 1. The number of ether oxygens (including phenoxy) is 2. The number of aromatic nitrogens is 8. The predicted molar refractivity (Wildman–Crippen MR) is 235 cm³/mol. The van der Waals surface area contributed by atoms with Crippen LogP contribution in [-0.4, -0.2) is 102 Å². The fraction of sp³-hybridized carbons (Fsp3) is 0.429. The van der Waals surface area contributed by atoms with Crippen LogP contribution in [-0.2, 0) is 6.42 Å². The third kappa shape index (κ3) is 10.6. The van der Waals surface area contributed by atoms with Crippen molar-refractivity contribution >= 4 is 59.2 Å². The molecule has 0 spiro atoms. The molecule has 8 heterocycles. The average molecular weight is 835 g/mol. The van der Waals surface area contributed by atoms with Gasteiger partial charge in [-0.05, 0) is 43.6 Å².